The summed E-state index contributed by atoms with van der Waals surface area (Å²) in [6.45, 7) is 4.15. The molecule has 30 heavy (non-hydrogen) atoms. The summed E-state index contributed by atoms with van der Waals surface area (Å²) in [5.74, 6) is 1.60. The van der Waals surface area contributed by atoms with Crippen LogP contribution in [0.15, 0.2) is 46.0 Å². The van der Waals surface area contributed by atoms with Crippen LogP contribution >= 0.6 is 11.8 Å². The lowest BCUT2D eigenvalue weighted by Crippen LogP contribution is -2.16. The fraction of sp³-hybridized carbons (Fsp3) is 0.318. The molecule has 2 aromatic carbocycles. The number of amides is 1. The van der Waals surface area contributed by atoms with Crippen LogP contribution < -0.4 is 14.8 Å². The third-order valence-corrected chi connectivity index (χ3v) is 5.45. The molecule has 3 aromatic rings. The van der Waals surface area contributed by atoms with Crippen molar-refractivity contribution in [1.82, 2.24) is 10.2 Å². The number of benzene rings is 2. The number of anilines is 1. The number of thioether (sulfide) groups is 1. The number of methoxy groups -OCH3 is 2. The molecule has 8 heteroatoms. The lowest BCUT2D eigenvalue weighted by atomic mass is 10.0. The highest BCUT2D eigenvalue weighted by molar-refractivity contribution is 7.99. The van der Waals surface area contributed by atoms with Crippen molar-refractivity contribution in [3.8, 4) is 23.0 Å². The van der Waals surface area contributed by atoms with Gasteiger partial charge in [-0.15, -0.1) is 10.2 Å². The SMILES string of the molecule is CCc1cccc(CC)c1NC(=O)CSc1nnc(-c2ccc(OC)c(OC)c2)o1. The third-order valence-electron chi connectivity index (χ3n) is 4.63. The molecule has 1 aromatic heterocycles. The van der Waals surface area contributed by atoms with E-state index in [2.05, 4.69) is 29.4 Å². The lowest BCUT2D eigenvalue weighted by molar-refractivity contribution is -0.113. The molecule has 0 saturated heterocycles. The quantitative estimate of drug-likeness (QED) is 0.499. The molecule has 0 aliphatic carbocycles. The first kappa shape index (κ1) is 21.7. The van der Waals surface area contributed by atoms with E-state index in [0.717, 1.165) is 29.7 Å². The molecule has 3 rings (SSSR count). The number of aromatic nitrogens is 2. The number of carbonyl (C=O) groups is 1. The molecule has 0 saturated carbocycles. The van der Waals surface area contributed by atoms with Gasteiger partial charge in [-0.1, -0.05) is 43.8 Å². The minimum absolute atomic E-state index is 0.110. The van der Waals surface area contributed by atoms with Crippen molar-refractivity contribution in [2.75, 3.05) is 25.3 Å². The average molecular weight is 428 g/mol. The Kier molecular flexibility index (Phi) is 7.35. The van der Waals surface area contributed by atoms with Gasteiger partial charge in [0.25, 0.3) is 5.22 Å². The van der Waals surface area contributed by atoms with Gasteiger partial charge in [-0.3, -0.25) is 4.79 Å². The van der Waals surface area contributed by atoms with Gasteiger partial charge in [0.1, 0.15) is 0 Å². The van der Waals surface area contributed by atoms with Gasteiger partial charge in [0.2, 0.25) is 11.8 Å². The summed E-state index contributed by atoms with van der Waals surface area (Å²) >= 11 is 1.20. The van der Waals surface area contributed by atoms with Crippen molar-refractivity contribution in [2.45, 2.75) is 31.9 Å². The first-order valence-electron chi connectivity index (χ1n) is 9.68. The van der Waals surface area contributed by atoms with Crippen molar-refractivity contribution < 1.29 is 18.7 Å². The zero-order valence-electron chi connectivity index (χ0n) is 17.5. The zero-order chi connectivity index (χ0) is 21.5. The van der Waals surface area contributed by atoms with E-state index in [1.54, 1.807) is 26.4 Å². The number of hydrogen-bond donors (Lipinski definition) is 1. The molecule has 0 spiro atoms. The van der Waals surface area contributed by atoms with Crippen LogP contribution in [0.4, 0.5) is 5.69 Å². The monoisotopic (exact) mass is 427 g/mol. The van der Waals surface area contributed by atoms with Gasteiger partial charge in [0.15, 0.2) is 11.5 Å². The molecular formula is C22H25N3O4S. The van der Waals surface area contributed by atoms with Crippen LogP contribution in [-0.2, 0) is 17.6 Å². The Bertz CT molecular complexity index is 997. The second-order valence-corrected chi connectivity index (χ2v) is 7.36. The summed E-state index contributed by atoms with van der Waals surface area (Å²) in [6.07, 6.45) is 1.71. The Hall–Kier alpha value is -3.00. The van der Waals surface area contributed by atoms with Crippen LogP contribution in [0, 0.1) is 0 Å². The number of nitrogens with one attached hydrogen (secondary N) is 1. The molecular weight excluding hydrogens is 402 g/mol. The van der Waals surface area contributed by atoms with E-state index in [1.165, 1.54) is 11.8 Å². The first-order valence-corrected chi connectivity index (χ1v) is 10.7. The Balaban J connectivity index is 1.66. The second-order valence-electron chi connectivity index (χ2n) is 6.44. The first-order chi connectivity index (χ1) is 14.6. The van der Waals surface area contributed by atoms with Crippen LogP contribution in [0.3, 0.4) is 0 Å². The molecule has 7 nitrogen and oxygen atoms in total. The third kappa shape index (κ3) is 4.94. The number of ether oxygens (including phenoxy) is 2. The van der Waals surface area contributed by atoms with E-state index in [0.29, 0.717) is 28.2 Å². The predicted molar refractivity (Wildman–Crippen MR) is 117 cm³/mol. The van der Waals surface area contributed by atoms with Gasteiger partial charge in [0, 0.05) is 11.3 Å². The summed E-state index contributed by atoms with van der Waals surface area (Å²) < 4.78 is 16.2. The minimum atomic E-state index is -0.110. The minimum Gasteiger partial charge on any atom is -0.493 e. The summed E-state index contributed by atoms with van der Waals surface area (Å²) in [4.78, 5) is 12.5. The molecule has 0 aliphatic rings. The molecule has 0 bridgehead atoms. The Morgan fingerprint density at radius 1 is 1.03 bits per heavy atom. The van der Waals surface area contributed by atoms with E-state index >= 15 is 0 Å². The predicted octanol–water partition coefficient (Wildman–Crippen LogP) is 4.61. The van der Waals surface area contributed by atoms with Gasteiger partial charge in [-0.25, -0.2) is 0 Å². The maximum atomic E-state index is 12.5. The van der Waals surface area contributed by atoms with E-state index in [1.807, 2.05) is 24.3 Å². The van der Waals surface area contributed by atoms with Crippen LogP contribution in [0.2, 0.25) is 0 Å². The lowest BCUT2D eigenvalue weighted by Gasteiger charge is -2.14. The van der Waals surface area contributed by atoms with Gasteiger partial charge in [-0.2, -0.15) is 0 Å². The summed E-state index contributed by atoms with van der Waals surface area (Å²) in [7, 11) is 3.14. The largest absolute Gasteiger partial charge is 0.493 e. The van der Waals surface area contributed by atoms with Gasteiger partial charge < -0.3 is 19.2 Å². The van der Waals surface area contributed by atoms with Crippen LogP contribution in [0.25, 0.3) is 11.5 Å². The maximum Gasteiger partial charge on any atom is 0.277 e. The fourth-order valence-electron chi connectivity index (χ4n) is 3.06. The van der Waals surface area contributed by atoms with E-state index in [-0.39, 0.29) is 11.7 Å². The highest BCUT2D eigenvalue weighted by Crippen LogP contribution is 2.32. The topological polar surface area (TPSA) is 86.5 Å². The van der Waals surface area contributed by atoms with Gasteiger partial charge >= 0.3 is 0 Å². The van der Waals surface area contributed by atoms with Crippen molar-refractivity contribution in [3.63, 3.8) is 0 Å². The van der Waals surface area contributed by atoms with Crippen molar-refractivity contribution in [1.29, 1.82) is 0 Å². The van der Waals surface area contributed by atoms with Gasteiger partial charge in [-0.05, 0) is 42.2 Å². The number of rotatable bonds is 9. The van der Waals surface area contributed by atoms with E-state index in [9.17, 15) is 4.79 Å². The molecule has 1 amide bonds. The molecule has 0 radical (unpaired) electrons. The van der Waals surface area contributed by atoms with Crippen LogP contribution in [-0.4, -0.2) is 36.1 Å². The molecule has 0 unspecified atom stereocenters. The van der Waals surface area contributed by atoms with Crippen molar-refractivity contribution in [2.24, 2.45) is 0 Å². The summed E-state index contributed by atoms with van der Waals surface area (Å²) in [5, 5.41) is 11.5. The summed E-state index contributed by atoms with van der Waals surface area (Å²) in [5.41, 5.74) is 3.87. The summed E-state index contributed by atoms with van der Waals surface area (Å²) in [6, 6.07) is 11.4. The highest BCUT2D eigenvalue weighted by atomic mass is 32.2. The van der Waals surface area contributed by atoms with Crippen LogP contribution in [0.5, 0.6) is 11.5 Å². The van der Waals surface area contributed by atoms with Crippen LogP contribution in [0.1, 0.15) is 25.0 Å². The number of para-hydroxylation sites is 1. The molecule has 0 atom stereocenters. The number of aryl methyl sites for hydroxylation is 2. The van der Waals surface area contributed by atoms with E-state index < -0.39 is 0 Å². The number of hydrogen-bond acceptors (Lipinski definition) is 7. The normalized spacial score (nSPS) is 10.7. The van der Waals surface area contributed by atoms with Gasteiger partial charge in [0.05, 0.1) is 20.0 Å². The standard InChI is InChI=1S/C22H25N3O4S/c1-5-14-8-7-9-15(6-2)20(14)23-19(26)13-30-22-25-24-21(29-22)16-10-11-17(27-3)18(12-16)28-4/h7-12H,5-6,13H2,1-4H3,(H,23,26). The molecule has 1 N–H and O–H groups in total. The Morgan fingerprint density at radius 2 is 1.73 bits per heavy atom. The smallest absolute Gasteiger partial charge is 0.277 e. The average Bonchev–Trinajstić information content (AvgIpc) is 3.26. The number of carbonyl (C=O) groups excluding carboxylic acids is 1. The number of nitrogens with zero attached hydrogens (tertiary/aromatic N) is 2. The van der Waals surface area contributed by atoms with Crippen molar-refractivity contribution in [3.05, 3.63) is 47.5 Å². The molecule has 158 valence electrons. The Morgan fingerprint density at radius 3 is 2.37 bits per heavy atom. The highest BCUT2D eigenvalue weighted by Gasteiger charge is 2.15. The zero-order valence-corrected chi connectivity index (χ0v) is 18.3. The molecule has 1 heterocycles. The fourth-order valence-corrected chi connectivity index (χ4v) is 3.62. The second kappa shape index (κ2) is 10.2. The van der Waals surface area contributed by atoms with Crippen molar-refractivity contribution >= 4 is 23.4 Å². The van der Waals surface area contributed by atoms with E-state index in [4.69, 9.17) is 13.9 Å². The molecule has 0 fully saturated rings. The Labute approximate surface area is 180 Å². The maximum absolute atomic E-state index is 12.5. The molecule has 0 aliphatic heterocycles.